The van der Waals surface area contributed by atoms with Gasteiger partial charge in [0.2, 0.25) is 0 Å². The lowest BCUT2D eigenvalue weighted by Gasteiger charge is -2.31. The molecule has 0 saturated heterocycles. The van der Waals surface area contributed by atoms with Crippen LogP contribution in [0.4, 0.5) is 0 Å². The molecule has 0 aliphatic carbocycles. The van der Waals surface area contributed by atoms with Crippen molar-refractivity contribution in [1.29, 1.82) is 0 Å². The summed E-state index contributed by atoms with van der Waals surface area (Å²) in [6.45, 7) is -2.37. The van der Waals surface area contributed by atoms with Crippen molar-refractivity contribution in [3.63, 3.8) is 0 Å². The van der Waals surface area contributed by atoms with E-state index in [1.54, 1.807) is 13.8 Å². The predicted molar refractivity (Wildman–Crippen MR) is 64.6 cm³/mol. The third kappa shape index (κ3) is 8.83. The highest BCUT2D eigenvalue weighted by Gasteiger charge is 2.25. The second kappa shape index (κ2) is 6.71. The first-order valence-corrected chi connectivity index (χ1v) is 5.32. The molecular formula is C12H24NO4+. The summed E-state index contributed by atoms with van der Waals surface area (Å²) in [6, 6.07) is 0. The van der Waals surface area contributed by atoms with Gasteiger partial charge in [-0.3, -0.25) is 9.59 Å². The Morgan fingerprint density at radius 3 is 2.29 bits per heavy atom. The molecule has 5 nitrogen and oxygen atoms in total. The first-order valence-electron chi connectivity index (χ1n) is 7.82. The number of rotatable bonds is 8. The number of carbonyl (C=O) groups excluding carboxylic acids is 1. The summed E-state index contributed by atoms with van der Waals surface area (Å²) in [5.74, 6) is -2.62. The molecule has 0 spiro atoms. The Balaban J connectivity index is 5.77. The van der Waals surface area contributed by atoms with E-state index in [2.05, 4.69) is 0 Å². The van der Waals surface area contributed by atoms with Gasteiger partial charge in [0.25, 0.3) is 0 Å². The zero-order valence-corrected chi connectivity index (χ0v) is 10.6. The molecule has 0 amide bonds. The summed E-state index contributed by atoms with van der Waals surface area (Å²) < 4.78 is 38.0. The van der Waals surface area contributed by atoms with Gasteiger partial charge in [-0.15, -0.1) is 0 Å². The van der Waals surface area contributed by atoms with E-state index >= 15 is 0 Å². The van der Waals surface area contributed by atoms with Crippen LogP contribution in [0, 0.1) is 5.92 Å². The van der Waals surface area contributed by atoms with Gasteiger partial charge in [0, 0.05) is 6.42 Å². The molecule has 0 aromatic carbocycles. The zero-order valence-electron chi connectivity index (χ0n) is 15.6. The van der Waals surface area contributed by atoms with Crippen LogP contribution in [0.25, 0.3) is 0 Å². The Kier molecular flexibility index (Phi) is 3.57. The third-order valence-corrected chi connectivity index (χ3v) is 1.73. The Morgan fingerprint density at radius 1 is 1.35 bits per heavy atom. The van der Waals surface area contributed by atoms with Gasteiger partial charge >= 0.3 is 5.97 Å². The lowest BCUT2D eigenvalue weighted by atomic mass is 10.1. The fourth-order valence-corrected chi connectivity index (χ4v) is 1.26. The van der Waals surface area contributed by atoms with Crippen molar-refractivity contribution < 1.29 is 31.1 Å². The van der Waals surface area contributed by atoms with Gasteiger partial charge in [0.15, 0.2) is 5.78 Å². The summed E-state index contributed by atoms with van der Waals surface area (Å²) in [5.41, 5.74) is 0. The SMILES string of the molecule is [2H]C(O)(CC(=O)O)C([2H])([2H])[N+](C)(C)C([2H])([2H])C(=O)CC(C)C. The highest BCUT2D eigenvalue weighted by Crippen LogP contribution is 2.07. The van der Waals surface area contributed by atoms with E-state index < -0.39 is 41.7 Å². The fraction of sp³-hybridized carbons (Fsp3) is 0.833. The first-order chi connectivity index (χ1) is 9.50. The Hall–Kier alpha value is -0.940. The maximum atomic E-state index is 12.1. The standard InChI is InChI=1S/C12H23NO4/c1-9(2)5-10(14)7-13(3,4)8-11(15)6-12(16)17/h9,11,15H,5-8H2,1-4H3/p+1/i7D2,8D2,11D. The number of carbonyl (C=O) groups is 2. The second-order valence-electron chi connectivity index (χ2n) is 4.72. The molecule has 5 heteroatoms. The summed E-state index contributed by atoms with van der Waals surface area (Å²) in [4.78, 5) is 22.8. The molecule has 1 atom stereocenters. The highest BCUT2D eigenvalue weighted by atomic mass is 16.4. The third-order valence-electron chi connectivity index (χ3n) is 1.73. The normalized spacial score (nSPS) is 21.6. The van der Waals surface area contributed by atoms with E-state index in [4.69, 9.17) is 12.0 Å². The fourth-order valence-electron chi connectivity index (χ4n) is 1.26. The minimum Gasteiger partial charge on any atom is -0.481 e. The van der Waals surface area contributed by atoms with E-state index in [1.807, 2.05) is 0 Å². The minimum absolute atomic E-state index is 0.139. The number of likely N-dealkylation sites (N-methyl/N-ethyl adjacent to an activating group) is 1. The average molecular weight is 251 g/mol. The van der Waals surface area contributed by atoms with Crippen LogP contribution in [-0.4, -0.2) is 59.6 Å². The van der Waals surface area contributed by atoms with Crippen molar-refractivity contribution >= 4 is 11.8 Å². The van der Waals surface area contributed by atoms with E-state index in [-0.39, 0.29) is 12.3 Å². The number of aliphatic hydroxyl groups is 1. The van der Waals surface area contributed by atoms with Crippen molar-refractivity contribution in [2.24, 2.45) is 5.92 Å². The molecule has 0 fully saturated rings. The number of quaternary nitrogens is 1. The Labute approximate surface area is 110 Å². The molecule has 0 aliphatic heterocycles. The molecule has 0 heterocycles. The second-order valence-corrected chi connectivity index (χ2v) is 4.72. The summed E-state index contributed by atoms with van der Waals surface area (Å²) in [5, 5.41) is 18.6. The number of carboxylic acid groups (broad SMARTS) is 1. The van der Waals surface area contributed by atoms with E-state index in [0.29, 0.717) is 0 Å². The number of Topliss-reactive ketones (excluding diaryl/α,β-unsaturated/α-hetero) is 1. The molecule has 0 aromatic rings. The highest BCUT2D eigenvalue weighted by molar-refractivity contribution is 5.79. The van der Waals surface area contributed by atoms with E-state index in [1.165, 1.54) is 0 Å². The molecular weight excluding hydrogens is 222 g/mol. The molecule has 0 radical (unpaired) electrons. The largest absolute Gasteiger partial charge is 0.481 e. The number of aliphatic carboxylic acids is 1. The van der Waals surface area contributed by atoms with Gasteiger partial charge in [-0.25, -0.2) is 0 Å². The van der Waals surface area contributed by atoms with Crippen molar-refractivity contribution in [2.75, 3.05) is 27.1 Å². The van der Waals surface area contributed by atoms with Crippen LogP contribution in [0.2, 0.25) is 0 Å². The number of nitrogens with zero attached hydrogens (tertiary/aromatic N) is 1. The number of carboxylic acids is 1. The molecule has 100 valence electrons. The van der Waals surface area contributed by atoms with Crippen LogP contribution in [0.1, 0.15) is 33.5 Å². The summed E-state index contributed by atoms with van der Waals surface area (Å²) >= 11 is 0. The van der Waals surface area contributed by atoms with Crippen molar-refractivity contribution in [3.05, 3.63) is 0 Å². The number of ketones is 1. The van der Waals surface area contributed by atoms with Gasteiger partial charge in [-0.2, -0.15) is 0 Å². The minimum atomic E-state index is -3.10. The summed E-state index contributed by atoms with van der Waals surface area (Å²) in [7, 11) is 2.03. The van der Waals surface area contributed by atoms with Crippen LogP contribution in [0.3, 0.4) is 0 Å². The zero-order chi connectivity index (χ0) is 18.1. The van der Waals surface area contributed by atoms with Crippen LogP contribution >= 0.6 is 0 Å². The van der Waals surface area contributed by atoms with Crippen molar-refractivity contribution in [2.45, 2.75) is 32.8 Å². The lowest BCUT2D eigenvalue weighted by molar-refractivity contribution is -0.885. The summed E-state index contributed by atoms with van der Waals surface area (Å²) in [6.07, 6.45) is -4.48. The maximum absolute atomic E-state index is 12.1. The van der Waals surface area contributed by atoms with Gasteiger partial charge in [0.05, 0.1) is 24.6 Å². The molecule has 17 heavy (non-hydrogen) atoms. The monoisotopic (exact) mass is 251 g/mol. The van der Waals surface area contributed by atoms with Gasteiger partial charge in [0.1, 0.15) is 21.8 Å². The van der Waals surface area contributed by atoms with Crippen molar-refractivity contribution in [1.82, 2.24) is 0 Å². The predicted octanol–water partition coefficient (Wildman–Crippen LogP) is 0.514. The van der Waals surface area contributed by atoms with E-state index in [0.717, 1.165) is 14.1 Å². The molecule has 2 N–H and O–H groups in total. The first kappa shape index (κ1) is 9.05. The molecule has 1 unspecified atom stereocenters. The smallest absolute Gasteiger partial charge is 0.306 e. The number of hydrogen-bond donors (Lipinski definition) is 2. The lowest BCUT2D eigenvalue weighted by Crippen LogP contribution is -2.49. The maximum Gasteiger partial charge on any atom is 0.306 e. The molecule has 0 aliphatic rings. The topological polar surface area (TPSA) is 74.6 Å². The Bertz CT molecular complexity index is 449. The van der Waals surface area contributed by atoms with Crippen LogP contribution < -0.4 is 0 Å². The Morgan fingerprint density at radius 2 is 1.88 bits per heavy atom. The van der Waals surface area contributed by atoms with Crippen molar-refractivity contribution in [3.8, 4) is 0 Å². The number of hydrogen-bond acceptors (Lipinski definition) is 3. The van der Waals surface area contributed by atoms with Crippen LogP contribution in [-0.2, 0) is 9.59 Å². The van der Waals surface area contributed by atoms with E-state index in [9.17, 15) is 14.7 Å². The molecule has 0 saturated carbocycles. The van der Waals surface area contributed by atoms with Gasteiger partial charge in [-0.05, 0) is 5.92 Å². The van der Waals surface area contributed by atoms with Crippen LogP contribution in [0.5, 0.6) is 0 Å². The molecule has 0 rings (SSSR count). The average Bonchev–Trinajstić information content (AvgIpc) is 2.25. The van der Waals surface area contributed by atoms with Gasteiger partial charge in [-0.1, -0.05) is 13.8 Å². The van der Waals surface area contributed by atoms with Gasteiger partial charge < -0.3 is 14.7 Å². The molecule has 0 bridgehead atoms. The van der Waals surface area contributed by atoms with Crippen LogP contribution in [0.15, 0.2) is 0 Å². The quantitative estimate of drug-likeness (QED) is 0.617. The molecule has 0 aromatic heterocycles.